The van der Waals surface area contributed by atoms with Crippen LogP contribution in [-0.2, 0) is 7.05 Å². The van der Waals surface area contributed by atoms with E-state index in [2.05, 4.69) is 22.6 Å². The molecule has 0 radical (unpaired) electrons. The molecule has 0 N–H and O–H groups in total. The highest BCUT2D eigenvalue weighted by Crippen LogP contribution is 2.20. The van der Waals surface area contributed by atoms with Crippen molar-refractivity contribution in [2.45, 2.75) is 6.92 Å². The fraction of sp³-hybridized carbons (Fsp3) is 0.375. The van der Waals surface area contributed by atoms with Gasteiger partial charge in [-0.05, 0) is 29.5 Å². The summed E-state index contributed by atoms with van der Waals surface area (Å²) < 4.78 is 7.60. The van der Waals surface area contributed by atoms with E-state index in [4.69, 9.17) is 4.74 Å². The summed E-state index contributed by atoms with van der Waals surface area (Å²) in [6, 6.07) is 0. The van der Waals surface area contributed by atoms with Crippen molar-refractivity contribution in [1.82, 2.24) is 4.57 Å². The molecule has 1 heterocycles. The number of nitrogens with zero attached hydrogens (tertiary/aromatic N) is 1. The summed E-state index contributed by atoms with van der Waals surface area (Å²) in [4.78, 5) is 11.4. The quantitative estimate of drug-likeness (QED) is 0.726. The van der Waals surface area contributed by atoms with Gasteiger partial charge in [-0.15, -0.1) is 0 Å². The molecule has 0 saturated heterocycles. The molecule has 0 saturated carbocycles. The third-order valence-corrected chi connectivity index (χ3v) is 2.48. The monoisotopic (exact) mass is 279 g/mol. The van der Waals surface area contributed by atoms with Crippen molar-refractivity contribution >= 4 is 22.6 Å². The Morgan fingerprint density at radius 2 is 2.17 bits per heavy atom. The SMILES string of the molecule is COc1c(I)cn(C)c(=O)c1C. The molecular formula is C8H10INO2. The van der Waals surface area contributed by atoms with E-state index in [1.807, 2.05) is 0 Å². The molecule has 0 aliphatic rings. The maximum absolute atomic E-state index is 11.4. The lowest BCUT2D eigenvalue weighted by Gasteiger charge is -2.07. The van der Waals surface area contributed by atoms with E-state index >= 15 is 0 Å². The standard InChI is InChI=1S/C8H10INO2/c1-5-7(12-3)6(9)4-10(2)8(5)11/h4H,1-3H3. The molecule has 0 atom stereocenters. The Labute approximate surface area is 84.5 Å². The maximum Gasteiger partial charge on any atom is 0.256 e. The van der Waals surface area contributed by atoms with Crippen LogP contribution in [0, 0.1) is 10.5 Å². The summed E-state index contributed by atoms with van der Waals surface area (Å²) in [5.74, 6) is 0.679. The molecule has 0 amide bonds. The fourth-order valence-corrected chi connectivity index (χ4v) is 2.12. The third-order valence-electron chi connectivity index (χ3n) is 1.71. The summed E-state index contributed by atoms with van der Waals surface area (Å²) in [7, 11) is 3.31. The highest BCUT2D eigenvalue weighted by Gasteiger charge is 2.08. The molecule has 66 valence electrons. The molecule has 0 aliphatic carbocycles. The minimum absolute atomic E-state index is 0.00716. The van der Waals surface area contributed by atoms with Crippen LogP contribution in [-0.4, -0.2) is 11.7 Å². The Morgan fingerprint density at radius 3 is 2.67 bits per heavy atom. The van der Waals surface area contributed by atoms with Gasteiger partial charge in [-0.25, -0.2) is 0 Å². The van der Waals surface area contributed by atoms with Crippen LogP contribution in [0.2, 0.25) is 0 Å². The minimum Gasteiger partial charge on any atom is -0.495 e. The van der Waals surface area contributed by atoms with Crippen LogP contribution >= 0.6 is 22.6 Å². The smallest absolute Gasteiger partial charge is 0.256 e. The summed E-state index contributed by atoms with van der Waals surface area (Å²) in [6.07, 6.45) is 1.76. The molecule has 1 aromatic rings. The Morgan fingerprint density at radius 1 is 1.58 bits per heavy atom. The highest BCUT2D eigenvalue weighted by molar-refractivity contribution is 14.1. The first-order valence-electron chi connectivity index (χ1n) is 3.47. The van der Waals surface area contributed by atoms with Gasteiger partial charge in [0.25, 0.3) is 5.56 Å². The average Bonchev–Trinajstić information content (AvgIpc) is 2.01. The van der Waals surface area contributed by atoms with Gasteiger partial charge < -0.3 is 9.30 Å². The van der Waals surface area contributed by atoms with Crippen LogP contribution in [0.4, 0.5) is 0 Å². The van der Waals surface area contributed by atoms with Gasteiger partial charge in [-0.2, -0.15) is 0 Å². The van der Waals surface area contributed by atoms with Crippen LogP contribution < -0.4 is 10.3 Å². The van der Waals surface area contributed by atoms with E-state index in [1.165, 1.54) is 0 Å². The third kappa shape index (κ3) is 1.48. The van der Waals surface area contributed by atoms with Crippen LogP contribution in [0.15, 0.2) is 11.0 Å². The van der Waals surface area contributed by atoms with Gasteiger partial charge in [-0.3, -0.25) is 4.79 Å². The molecule has 4 heteroatoms. The summed E-state index contributed by atoms with van der Waals surface area (Å²) in [5.41, 5.74) is 0.652. The lowest BCUT2D eigenvalue weighted by Crippen LogP contribution is -2.20. The molecule has 0 bridgehead atoms. The van der Waals surface area contributed by atoms with Crippen molar-refractivity contribution in [2.75, 3.05) is 7.11 Å². The largest absolute Gasteiger partial charge is 0.495 e. The normalized spacial score (nSPS) is 10.0. The number of hydrogen-bond acceptors (Lipinski definition) is 2. The summed E-state index contributed by atoms with van der Waals surface area (Å²) in [6.45, 7) is 1.77. The van der Waals surface area contributed by atoms with Gasteiger partial charge >= 0.3 is 0 Å². The highest BCUT2D eigenvalue weighted by atomic mass is 127. The van der Waals surface area contributed by atoms with Crippen molar-refractivity contribution in [1.29, 1.82) is 0 Å². The van der Waals surface area contributed by atoms with Gasteiger partial charge in [0.15, 0.2) is 0 Å². The van der Waals surface area contributed by atoms with Gasteiger partial charge in [-0.1, -0.05) is 0 Å². The molecule has 3 nitrogen and oxygen atoms in total. The van der Waals surface area contributed by atoms with Gasteiger partial charge in [0.05, 0.1) is 16.2 Å². The average molecular weight is 279 g/mol. The zero-order valence-corrected chi connectivity index (χ0v) is 9.38. The van der Waals surface area contributed by atoms with E-state index in [0.717, 1.165) is 3.57 Å². The zero-order valence-electron chi connectivity index (χ0n) is 7.22. The number of rotatable bonds is 1. The number of halogens is 1. The molecule has 0 spiro atoms. The lowest BCUT2D eigenvalue weighted by molar-refractivity contribution is 0.406. The van der Waals surface area contributed by atoms with Crippen LogP contribution in [0.5, 0.6) is 5.75 Å². The van der Waals surface area contributed by atoms with Crippen molar-refractivity contribution in [3.63, 3.8) is 0 Å². The van der Waals surface area contributed by atoms with Crippen LogP contribution in [0.1, 0.15) is 5.56 Å². The van der Waals surface area contributed by atoms with E-state index in [0.29, 0.717) is 11.3 Å². The number of hydrogen-bond donors (Lipinski definition) is 0. The van der Waals surface area contributed by atoms with Gasteiger partial charge in [0.1, 0.15) is 5.75 Å². The van der Waals surface area contributed by atoms with Crippen LogP contribution in [0.25, 0.3) is 0 Å². The first-order chi connectivity index (χ1) is 5.57. The molecule has 0 aromatic carbocycles. The van der Waals surface area contributed by atoms with E-state index in [9.17, 15) is 4.79 Å². The Balaban J connectivity index is 3.52. The molecule has 0 aliphatic heterocycles. The van der Waals surface area contributed by atoms with Crippen LogP contribution in [0.3, 0.4) is 0 Å². The second-order valence-electron chi connectivity index (χ2n) is 2.55. The first kappa shape index (κ1) is 9.57. The summed E-state index contributed by atoms with van der Waals surface area (Å²) in [5, 5.41) is 0. The summed E-state index contributed by atoms with van der Waals surface area (Å²) >= 11 is 2.14. The van der Waals surface area contributed by atoms with E-state index < -0.39 is 0 Å². The number of aromatic nitrogens is 1. The fourth-order valence-electron chi connectivity index (χ4n) is 1.08. The maximum atomic E-state index is 11.4. The van der Waals surface area contributed by atoms with Crippen molar-refractivity contribution in [3.05, 3.63) is 25.7 Å². The second-order valence-corrected chi connectivity index (χ2v) is 3.71. The van der Waals surface area contributed by atoms with Gasteiger partial charge in [0, 0.05) is 13.2 Å². The zero-order chi connectivity index (χ0) is 9.30. The number of aryl methyl sites for hydroxylation is 1. The number of methoxy groups -OCH3 is 1. The molecule has 1 aromatic heterocycles. The molecule has 0 fully saturated rings. The predicted molar refractivity (Wildman–Crippen MR) is 55.7 cm³/mol. The topological polar surface area (TPSA) is 31.2 Å². The van der Waals surface area contributed by atoms with Crippen molar-refractivity contribution in [2.24, 2.45) is 7.05 Å². The lowest BCUT2D eigenvalue weighted by atomic mass is 10.3. The van der Waals surface area contributed by atoms with Gasteiger partial charge in [0.2, 0.25) is 0 Å². The Bertz CT molecular complexity index is 357. The van der Waals surface area contributed by atoms with E-state index in [-0.39, 0.29) is 5.56 Å². The minimum atomic E-state index is -0.00716. The molecule has 12 heavy (non-hydrogen) atoms. The van der Waals surface area contributed by atoms with Crippen molar-refractivity contribution < 1.29 is 4.74 Å². The second kappa shape index (κ2) is 3.47. The molecule has 1 rings (SSSR count). The Hall–Kier alpha value is -0.520. The Kier molecular flexibility index (Phi) is 2.76. The number of ether oxygens (including phenoxy) is 1. The molecule has 0 unspecified atom stereocenters. The number of pyridine rings is 1. The predicted octanol–water partition coefficient (Wildman–Crippen LogP) is 1.31. The molecular weight excluding hydrogens is 269 g/mol. The van der Waals surface area contributed by atoms with E-state index in [1.54, 1.807) is 31.8 Å². The first-order valence-corrected chi connectivity index (χ1v) is 4.55. The van der Waals surface area contributed by atoms with Crippen molar-refractivity contribution in [3.8, 4) is 5.75 Å².